The highest BCUT2D eigenvalue weighted by atomic mass is 16.8. The summed E-state index contributed by atoms with van der Waals surface area (Å²) in [5.41, 5.74) is 3.30. The zero-order valence-corrected chi connectivity index (χ0v) is 26.0. The average molecular weight is 612 g/mol. The highest BCUT2D eigenvalue weighted by molar-refractivity contribution is 5.98. The molecule has 3 unspecified atom stereocenters. The van der Waals surface area contributed by atoms with Gasteiger partial charge in [-0.15, -0.1) is 0 Å². The lowest BCUT2D eigenvalue weighted by Crippen LogP contribution is -2.62. The fourth-order valence-corrected chi connectivity index (χ4v) is 6.86. The Bertz CT molecular complexity index is 1570. The Morgan fingerprint density at radius 2 is 1.93 bits per heavy atom. The summed E-state index contributed by atoms with van der Waals surface area (Å²) >= 11 is 0. The molecule has 11 heteroatoms. The fraction of sp³-hybridized carbons (Fsp3) is 0.500. The minimum Gasteiger partial charge on any atom is -0.372 e. The number of rotatable bonds is 9. The van der Waals surface area contributed by atoms with Gasteiger partial charge >= 0.3 is 0 Å². The predicted octanol–water partition coefficient (Wildman–Crippen LogP) is 4.35. The van der Waals surface area contributed by atoms with E-state index >= 15 is 0 Å². The molecule has 3 fully saturated rings. The topological polar surface area (TPSA) is 134 Å². The third kappa shape index (κ3) is 6.44. The Labute approximate surface area is 263 Å². The average Bonchev–Trinajstić information content (AvgIpc) is 3.87. The third-order valence-corrected chi connectivity index (χ3v) is 9.19. The number of hydrogen-bond acceptors (Lipinski definition) is 8. The van der Waals surface area contributed by atoms with Crippen LogP contribution in [-0.2, 0) is 14.3 Å². The summed E-state index contributed by atoms with van der Waals surface area (Å²) in [6.07, 6.45) is 12.9. The van der Waals surface area contributed by atoms with Gasteiger partial charge in [-0.25, -0.2) is 9.97 Å². The minimum atomic E-state index is -1.66. The number of carbonyl (C=O) groups is 2. The molecule has 1 aliphatic carbocycles. The van der Waals surface area contributed by atoms with Crippen LogP contribution in [-0.4, -0.2) is 71.0 Å². The molecule has 2 N–H and O–H groups in total. The van der Waals surface area contributed by atoms with E-state index in [2.05, 4.69) is 43.7 Å². The maximum Gasteiger partial charge on any atom is 0.282 e. The first-order valence-electron chi connectivity index (χ1n) is 16.0. The van der Waals surface area contributed by atoms with Gasteiger partial charge in [0.05, 0.1) is 35.6 Å². The standard InChI is InChI=1S/C34H41N7O4/c1-23-21-44-34(45-23,33(43)36-2)30(16-24-9-4-3-5-10-24)39-32(42)28-15-25(18-35)19-37-31(28)41-20-29(38-22-41)26-11-8-12-27(17-26)40-13-6-7-14-40/h8,11-12,15,17,19-20,22-24,30H,3-7,9-10,13-14,16,21H2,1-2H3,(H,36,43)(H,39,42). The Hall–Kier alpha value is -4.27. The molecule has 11 nitrogen and oxygen atoms in total. The van der Waals surface area contributed by atoms with Crippen LogP contribution in [0.3, 0.4) is 0 Å². The number of pyridine rings is 1. The molecular formula is C34H41N7O4. The maximum absolute atomic E-state index is 14.2. The van der Waals surface area contributed by atoms with Gasteiger partial charge in [-0.2, -0.15) is 5.26 Å². The molecule has 0 radical (unpaired) electrons. The van der Waals surface area contributed by atoms with Crippen LogP contribution in [0.4, 0.5) is 5.69 Å². The van der Waals surface area contributed by atoms with Crippen molar-refractivity contribution in [3.05, 3.63) is 60.2 Å². The summed E-state index contributed by atoms with van der Waals surface area (Å²) in [5.74, 6) is -1.94. The van der Waals surface area contributed by atoms with Crippen molar-refractivity contribution in [2.75, 3.05) is 31.6 Å². The molecule has 1 saturated carbocycles. The van der Waals surface area contributed by atoms with Gasteiger partial charge in [-0.3, -0.25) is 14.2 Å². The molecule has 2 aliphatic heterocycles. The van der Waals surface area contributed by atoms with Crippen LogP contribution in [0.1, 0.15) is 74.2 Å². The number of hydrogen-bond donors (Lipinski definition) is 2. The van der Waals surface area contributed by atoms with Crippen molar-refractivity contribution in [2.45, 2.75) is 76.2 Å². The SMILES string of the molecule is CNC(=O)C1(C(CC2CCCCC2)NC(=O)c2cc(C#N)cnc2-n2cnc(-c3cccc(N4CCCC4)c3)c2)OCC(C)O1. The molecule has 1 aromatic carbocycles. The lowest BCUT2D eigenvalue weighted by molar-refractivity contribution is -0.198. The van der Waals surface area contributed by atoms with Gasteiger partial charge in [0.25, 0.3) is 17.6 Å². The van der Waals surface area contributed by atoms with E-state index in [-0.39, 0.29) is 23.8 Å². The number of imidazole rings is 1. The molecule has 236 valence electrons. The highest BCUT2D eigenvalue weighted by Gasteiger charge is 2.54. The van der Waals surface area contributed by atoms with Crippen molar-refractivity contribution in [1.82, 2.24) is 25.2 Å². The molecular weight excluding hydrogens is 570 g/mol. The van der Waals surface area contributed by atoms with Crippen molar-refractivity contribution in [3.8, 4) is 23.1 Å². The van der Waals surface area contributed by atoms with Crippen LogP contribution < -0.4 is 15.5 Å². The van der Waals surface area contributed by atoms with Crippen LogP contribution in [0, 0.1) is 17.2 Å². The van der Waals surface area contributed by atoms with Gasteiger partial charge in [0.15, 0.2) is 5.82 Å². The van der Waals surface area contributed by atoms with Gasteiger partial charge in [-0.05, 0) is 50.3 Å². The molecule has 0 spiro atoms. The van der Waals surface area contributed by atoms with Crippen LogP contribution in [0.25, 0.3) is 17.1 Å². The molecule has 2 aromatic heterocycles. The van der Waals surface area contributed by atoms with Crippen LogP contribution >= 0.6 is 0 Å². The fourth-order valence-electron chi connectivity index (χ4n) is 6.86. The minimum absolute atomic E-state index is 0.190. The second kappa shape index (κ2) is 13.4. The normalized spacial score (nSPS) is 22.6. The van der Waals surface area contributed by atoms with E-state index in [0.29, 0.717) is 18.2 Å². The van der Waals surface area contributed by atoms with E-state index in [1.54, 1.807) is 10.9 Å². The first-order valence-corrected chi connectivity index (χ1v) is 16.0. The number of benzene rings is 1. The predicted molar refractivity (Wildman–Crippen MR) is 169 cm³/mol. The van der Waals surface area contributed by atoms with Crippen molar-refractivity contribution in [1.29, 1.82) is 5.26 Å². The molecule has 0 bridgehead atoms. The van der Waals surface area contributed by atoms with E-state index in [1.165, 1.54) is 38.6 Å². The smallest absolute Gasteiger partial charge is 0.282 e. The van der Waals surface area contributed by atoms with Gasteiger partial charge < -0.3 is 25.0 Å². The number of likely N-dealkylation sites (N-methyl/N-ethyl adjacent to an activating group) is 1. The van der Waals surface area contributed by atoms with Crippen molar-refractivity contribution in [3.63, 3.8) is 0 Å². The maximum atomic E-state index is 14.2. The molecule has 2 saturated heterocycles. The van der Waals surface area contributed by atoms with E-state index < -0.39 is 23.6 Å². The van der Waals surface area contributed by atoms with Crippen LogP contribution in [0.5, 0.6) is 0 Å². The van der Waals surface area contributed by atoms with E-state index in [0.717, 1.165) is 55.7 Å². The zero-order chi connectivity index (χ0) is 31.4. The lowest BCUT2D eigenvalue weighted by atomic mass is 9.82. The molecule has 6 rings (SSSR count). The summed E-state index contributed by atoms with van der Waals surface area (Å²) in [4.78, 5) is 39.0. The van der Waals surface area contributed by atoms with Gasteiger partial charge in [0.2, 0.25) is 0 Å². The number of amides is 2. The first-order chi connectivity index (χ1) is 21.9. The molecule has 3 aromatic rings. The summed E-state index contributed by atoms with van der Waals surface area (Å²) in [7, 11) is 1.54. The third-order valence-electron chi connectivity index (χ3n) is 9.19. The molecule has 45 heavy (non-hydrogen) atoms. The van der Waals surface area contributed by atoms with E-state index in [1.807, 2.05) is 25.3 Å². The number of nitriles is 1. The largest absolute Gasteiger partial charge is 0.372 e. The second-order valence-corrected chi connectivity index (χ2v) is 12.4. The van der Waals surface area contributed by atoms with Gasteiger partial charge in [-0.1, -0.05) is 44.2 Å². The Balaban J connectivity index is 1.32. The summed E-state index contributed by atoms with van der Waals surface area (Å²) < 4.78 is 13.9. The van der Waals surface area contributed by atoms with Gasteiger partial charge in [0.1, 0.15) is 12.4 Å². The van der Waals surface area contributed by atoms with Crippen LogP contribution in [0.2, 0.25) is 0 Å². The summed E-state index contributed by atoms with van der Waals surface area (Å²) in [6, 6.07) is 11.2. The van der Waals surface area contributed by atoms with E-state index in [9.17, 15) is 14.9 Å². The van der Waals surface area contributed by atoms with Crippen LogP contribution in [0.15, 0.2) is 49.1 Å². The summed E-state index contributed by atoms with van der Waals surface area (Å²) in [5, 5.41) is 15.5. The number of nitrogens with zero attached hydrogens (tertiary/aromatic N) is 5. The Morgan fingerprint density at radius 3 is 2.64 bits per heavy atom. The van der Waals surface area contributed by atoms with Crippen molar-refractivity contribution >= 4 is 17.5 Å². The Morgan fingerprint density at radius 1 is 1.13 bits per heavy atom. The van der Waals surface area contributed by atoms with Crippen molar-refractivity contribution in [2.24, 2.45) is 5.92 Å². The highest BCUT2D eigenvalue weighted by Crippen LogP contribution is 2.36. The number of anilines is 1. The van der Waals surface area contributed by atoms with Crippen molar-refractivity contribution < 1.29 is 19.1 Å². The first kappa shape index (κ1) is 30.7. The van der Waals surface area contributed by atoms with E-state index in [4.69, 9.17) is 9.47 Å². The zero-order valence-electron chi connectivity index (χ0n) is 26.0. The quantitative estimate of drug-likeness (QED) is 0.365. The summed E-state index contributed by atoms with van der Waals surface area (Å²) in [6.45, 7) is 4.17. The second-order valence-electron chi connectivity index (χ2n) is 12.4. The molecule has 3 atom stereocenters. The molecule has 3 aliphatic rings. The molecule has 2 amide bonds. The van der Waals surface area contributed by atoms with Gasteiger partial charge in [0, 0.05) is 43.8 Å². The number of nitrogens with one attached hydrogen (secondary N) is 2. The molecule has 4 heterocycles. The number of ether oxygens (including phenoxy) is 2. The monoisotopic (exact) mass is 611 g/mol. The lowest BCUT2D eigenvalue weighted by Gasteiger charge is -2.37. The number of aromatic nitrogens is 3. The number of carbonyl (C=O) groups excluding carboxylic acids is 2. The Kier molecular flexibility index (Phi) is 9.14.